The molecule has 0 saturated carbocycles. The normalized spacial score (nSPS) is 19.2. The van der Waals surface area contributed by atoms with Crippen LogP contribution in [-0.2, 0) is 4.79 Å². The van der Waals surface area contributed by atoms with Gasteiger partial charge in [-0.25, -0.2) is 4.79 Å². The van der Waals surface area contributed by atoms with E-state index < -0.39 is 11.6 Å². The number of aliphatic hydroxyl groups is 1. The maximum atomic E-state index is 11.1. The van der Waals surface area contributed by atoms with E-state index in [-0.39, 0.29) is 18.2 Å². The number of β-amino-alcohol motifs (C(OH)–C–C–N with tert-alkyl or cyclic N) is 1. The number of carbonyl (C=O) groups excluding carboxylic acids is 2. The zero-order valence-corrected chi connectivity index (χ0v) is 9.69. The highest BCUT2D eigenvalue weighted by Crippen LogP contribution is 2.28. The van der Waals surface area contributed by atoms with Gasteiger partial charge in [-0.05, 0) is 5.92 Å². The molecule has 1 heterocycles. The van der Waals surface area contributed by atoms with Crippen LogP contribution in [0.25, 0.3) is 0 Å². The summed E-state index contributed by atoms with van der Waals surface area (Å²) < 4.78 is 0. The number of nitrogens with two attached hydrogens (primary N) is 1. The summed E-state index contributed by atoms with van der Waals surface area (Å²) in [6.07, 6.45) is 0.219. The van der Waals surface area contributed by atoms with E-state index in [0.29, 0.717) is 19.6 Å². The van der Waals surface area contributed by atoms with Gasteiger partial charge in [0.2, 0.25) is 5.91 Å². The van der Waals surface area contributed by atoms with Crippen LogP contribution in [0.1, 0.15) is 20.3 Å². The van der Waals surface area contributed by atoms with Crippen molar-refractivity contribution in [3.63, 3.8) is 0 Å². The molecule has 0 bridgehead atoms. The molecule has 0 spiro atoms. The molecule has 0 radical (unpaired) electrons. The minimum Gasteiger partial charge on any atom is -0.387 e. The van der Waals surface area contributed by atoms with Gasteiger partial charge in [-0.2, -0.15) is 0 Å². The van der Waals surface area contributed by atoms with Gasteiger partial charge in [0.25, 0.3) is 0 Å². The van der Waals surface area contributed by atoms with Gasteiger partial charge in [0.05, 0.1) is 5.60 Å². The number of nitrogens with zero attached hydrogens (tertiary/aromatic N) is 1. The number of amides is 3. The van der Waals surface area contributed by atoms with Gasteiger partial charge in [0, 0.05) is 26.1 Å². The van der Waals surface area contributed by atoms with E-state index >= 15 is 0 Å². The van der Waals surface area contributed by atoms with E-state index in [1.165, 1.54) is 0 Å². The van der Waals surface area contributed by atoms with Crippen molar-refractivity contribution in [3.05, 3.63) is 0 Å². The van der Waals surface area contributed by atoms with Crippen molar-refractivity contribution < 1.29 is 14.7 Å². The van der Waals surface area contributed by atoms with E-state index in [1.54, 1.807) is 0 Å². The van der Waals surface area contributed by atoms with Crippen LogP contribution in [0.5, 0.6) is 0 Å². The van der Waals surface area contributed by atoms with Crippen LogP contribution in [0.3, 0.4) is 0 Å². The van der Waals surface area contributed by atoms with Gasteiger partial charge < -0.3 is 10.8 Å². The second kappa shape index (κ2) is 4.80. The van der Waals surface area contributed by atoms with E-state index in [1.807, 2.05) is 24.1 Å². The van der Waals surface area contributed by atoms with Crippen molar-refractivity contribution in [1.82, 2.24) is 10.2 Å². The van der Waals surface area contributed by atoms with Crippen LogP contribution in [-0.4, -0.2) is 47.2 Å². The highest BCUT2D eigenvalue weighted by Gasteiger charge is 2.43. The molecule has 1 aliphatic heterocycles. The summed E-state index contributed by atoms with van der Waals surface area (Å²) in [7, 11) is 0. The van der Waals surface area contributed by atoms with E-state index in [0.717, 1.165) is 0 Å². The number of nitrogens with one attached hydrogen (secondary N) is 1. The summed E-state index contributed by atoms with van der Waals surface area (Å²) in [5, 5.41) is 12.0. The average molecular weight is 229 g/mol. The third-order valence-corrected chi connectivity index (χ3v) is 2.99. The van der Waals surface area contributed by atoms with E-state index in [4.69, 9.17) is 5.73 Å². The lowest BCUT2D eigenvalue weighted by Gasteiger charge is -2.49. The summed E-state index contributed by atoms with van der Waals surface area (Å²) in [5.41, 5.74) is 4.18. The predicted octanol–water partition coefficient (Wildman–Crippen LogP) is -0.726. The van der Waals surface area contributed by atoms with Crippen LogP contribution in [0, 0.1) is 5.92 Å². The van der Waals surface area contributed by atoms with Crippen LogP contribution in [0.4, 0.5) is 4.79 Å². The molecule has 1 rings (SSSR count). The minimum absolute atomic E-state index is 0.211. The van der Waals surface area contributed by atoms with Crippen LogP contribution in [0.15, 0.2) is 0 Å². The zero-order valence-electron chi connectivity index (χ0n) is 9.69. The summed E-state index contributed by atoms with van der Waals surface area (Å²) in [4.78, 5) is 23.4. The standard InChI is InChI=1S/C10H19N3O3/c1-7(2)10(16)5-13(6-10)4-3-8(14)12-9(11)15/h7,16H,3-6H2,1-2H3,(H3,11,12,14,15). The molecular weight excluding hydrogens is 210 g/mol. The molecule has 0 aromatic carbocycles. The first-order valence-electron chi connectivity index (χ1n) is 5.37. The maximum Gasteiger partial charge on any atom is 0.318 e. The molecule has 1 fully saturated rings. The molecule has 4 N–H and O–H groups in total. The van der Waals surface area contributed by atoms with E-state index in [2.05, 4.69) is 0 Å². The molecule has 0 aromatic heterocycles. The van der Waals surface area contributed by atoms with Crippen molar-refractivity contribution >= 4 is 11.9 Å². The van der Waals surface area contributed by atoms with Gasteiger partial charge >= 0.3 is 6.03 Å². The molecule has 92 valence electrons. The van der Waals surface area contributed by atoms with Gasteiger partial charge in [0.15, 0.2) is 0 Å². The Morgan fingerprint density at radius 1 is 1.50 bits per heavy atom. The van der Waals surface area contributed by atoms with Gasteiger partial charge in [-0.3, -0.25) is 15.0 Å². The molecule has 3 amide bonds. The van der Waals surface area contributed by atoms with Crippen molar-refractivity contribution in [1.29, 1.82) is 0 Å². The summed E-state index contributed by atoms with van der Waals surface area (Å²) >= 11 is 0. The first-order valence-corrected chi connectivity index (χ1v) is 5.37. The number of imide groups is 1. The SMILES string of the molecule is CC(C)C1(O)CN(CCC(=O)NC(N)=O)C1. The molecular formula is C10H19N3O3. The molecule has 16 heavy (non-hydrogen) atoms. The van der Waals surface area contributed by atoms with E-state index in [9.17, 15) is 14.7 Å². The lowest BCUT2D eigenvalue weighted by atomic mass is 9.83. The highest BCUT2D eigenvalue weighted by atomic mass is 16.3. The Kier molecular flexibility index (Phi) is 3.88. The van der Waals surface area contributed by atoms with Gasteiger partial charge in [-0.1, -0.05) is 13.8 Å². The quantitative estimate of drug-likeness (QED) is 0.592. The number of likely N-dealkylation sites (tertiary alicyclic amines) is 1. The van der Waals surface area contributed by atoms with Crippen LogP contribution < -0.4 is 11.1 Å². The van der Waals surface area contributed by atoms with Gasteiger partial charge in [-0.15, -0.1) is 0 Å². The fourth-order valence-corrected chi connectivity index (χ4v) is 1.71. The minimum atomic E-state index is -0.827. The molecule has 0 atom stereocenters. The monoisotopic (exact) mass is 229 g/mol. The maximum absolute atomic E-state index is 11.1. The number of urea groups is 1. The second-order valence-corrected chi connectivity index (χ2v) is 4.63. The number of hydrogen-bond donors (Lipinski definition) is 3. The number of primary amides is 1. The van der Waals surface area contributed by atoms with Crippen LogP contribution >= 0.6 is 0 Å². The Morgan fingerprint density at radius 2 is 2.06 bits per heavy atom. The highest BCUT2D eigenvalue weighted by molar-refractivity contribution is 5.93. The lowest BCUT2D eigenvalue weighted by molar-refractivity contribution is -0.133. The molecule has 0 aromatic rings. The summed E-state index contributed by atoms with van der Waals surface area (Å²) in [6, 6.07) is -0.827. The molecule has 1 saturated heterocycles. The smallest absolute Gasteiger partial charge is 0.318 e. The largest absolute Gasteiger partial charge is 0.387 e. The number of hydrogen-bond acceptors (Lipinski definition) is 4. The van der Waals surface area contributed by atoms with Crippen molar-refractivity contribution in [2.75, 3.05) is 19.6 Å². The molecule has 0 aliphatic carbocycles. The predicted molar refractivity (Wildman–Crippen MR) is 58.6 cm³/mol. The third-order valence-electron chi connectivity index (χ3n) is 2.99. The van der Waals surface area contributed by atoms with Crippen LogP contribution in [0.2, 0.25) is 0 Å². The number of carbonyl (C=O) groups is 2. The molecule has 6 nitrogen and oxygen atoms in total. The number of rotatable bonds is 4. The third kappa shape index (κ3) is 3.18. The Balaban J connectivity index is 2.19. The van der Waals surface area contributed by atoms with Crippen molar-refractivity contribution in [3.8, 4) is 0 Å². The fourth-order valence-electron chi connectivity index (χ4n) is 1.71. The topological polar surface area (TPSA) is 95.7 Å². The van der Waals surface area contributed by atoms with Crippen molar-refractivity contribution in [2.24, 2.45) is 11.7 Å². The Labute approximate surface area is 94.8 Å². The lowest BCUT2D eigenvalue weighted by Crippen LogP contribution is -2.64. The summed E-state index contributed by atoms with van der Waals surface area (Å²) in [5.74, 6) is -0.171. The fraction of sp³-hybridized carbons (Fsp3) is 0.800. The molecule has 6 heteroatoms. The Bertz CT molecular complexity index is 285. The second-order valence-electron chi connectivity index (χ2n) is 4.63. The Morgan fingerprint density at radius 3 is 2.50 bits per heavy atom. The van der Waals surface area contributed by atoms with Crippen molar-refractivity contribution in [2.45, 2.75) is 25.9 Å². The van der Waals surface area contributed by atoms with Gasteiger partial charge in [0.1, 0.15) is 0 Å². The first-order chi connectivity index (χ1) is 7.33. The average Bonchev–Trinajstić information content (AvgIpc) is 2.08. The molecule has 0 unspecified atom stereocenters. The summed E-state index contributed by atoms with van der Waals surface area (Å²) in [6.45, 7) is 5.63. The molecule has 1 aliphatic rings. The zero-order chi connectivity index (χ0) is 12.3. The first kappa shape index (κ1) is 12.9. The Hall–Kier alpha value is -1.14.